The van der Waals surface area contributed by atoms with Crippen LogP contribution < -0.4 is 5.32 Å². The average Bonchev–Trinajstić information content (AvgIpc) is 2.39. The van der Waals surface area contributed by atoms with Gasteiger partial charge in [0.15, 0.2) is 0 Å². The average molecular weight is 243 g/mol. The van der Waals surface area contributed by atoms with Gasteiger partial charge in [-0.15, -0.1) is 12.3 Å². The van der Waals surface area contributed by atoms with Crippen LogP contribution in [0.2, 0.25) is 0 Å². The molecule has 1 aromatic rings. The second-order valence-electron chi connectivity index (χ2n) is 5.29. The Kier molecular flexibility index (Phi) is 5.95. The van der Waals surface area contributed by atoms with Gasteiger partial charge >= 0.3 is 0 Å². The number of rotatable bonds is 7. The summed E-state index contributed by atoms with van der Waals surface area (Å²) in [6.45, 7) is 7.78. The Morgan fingerprint density at radius 1 is 1.28 bits per heavy atom. The summed E-state index contributed by atoms with van der Waals surface area (Å²) < 4.78 is 0. The van der Waals surface area contributed by atoms with E-state index in [0.29, 0.717) is 6.04 Å². The molecule has 0 aliphatic rings. The van der Waals surface area contributed by atoms with Crippen LogP contribution in [0.3, 0.4) is 0 Å². The second-order valence-corrected chi connectivity index (χ2v) is 5.29. The first kappa shape index (κ1) is 14.8. The third-order valence-corrected chi connectivity index (χ3v) is 3.65. The Balaban J connectivity index is 2.79. The summed E-state index contributed by atoms with van der Waals surface area (Å²) in [6, 6.07) is 11.2. The Hall–Kier alpha value is -1.26. The van der Waals surface area contributed by atoms with Crippen LogP contribution in [0.25, 0.3) is 0 Å². The van der Waals surface area contributed by atoms with E-state index in [1.165, 1.54) is 5.56 Å². The summed E-state index contributed by atoms with van der Waals surface area (Å²) >= 11 is 0. The van der Waals surface area contributed by atoms with E-state index in [0.717, 1.165) is 25.8 Å². The van der Waals surface area contributed by atoms with E-state index in [1.54, 1.807) is 0 Å². The highest BCUT2D eigenvalue weighted by atomic mass is 14.9. The maximum absolute atomic E-state index is 5.34. The summed E-state index contributed by atoms with van der Waals surface area (Å²) in [5.74, 6) is 2.73. The van der Waals surface area contributed by atoms with E-state index in [4.69, 9.17) is 6.42 Å². The van der Waals surface area contributed by atoms with E-state index in [2.05, 4.69) is 62.3 Å². The fourth-order valence-electron chi connectivity index (χ4n) is 2.44. The van der Waals surface area contributed by atoms with E-state index in [-0.39, 0.29) is 5.41 Å². The van der Waals surface area contributed by atoms with Crippen molar-refractivity contribution in [2.75, 3.05) is 6.54 Å². The molecule has 18 heavy (non-hydrogen) atoms. The van der Waals surface area contributed by atoms with E-state index in [1.807, 2.05) is 0 Å². The SMILES string of the molecule is C#CCCCC(NCC)C(C)(C)c1ccccc1. The molecule has 0 amide bonds. The van der Waals surface area contributed by atoms with Crippen LogP contribution in [-0.4, -0.2) is 12.6 Å². The molecule has 0 fully saturated rings. The summed E-state index contributed by atoms with van der Waals surface area (Å²) in [6.07, 6.45) is 8.42. The first-order valence-corrected chi connectivity index (χ1v) is 6.85. The third-order valence-electron chi connectivity index (χ3n) is 3.65. The lowest BCUT2D eigenvalue weighted by Gasteiger charge is -2.35. The van der Waals surface area contributed by atoms with Crippen molar-refractivity contribution in [2.45, 2.75) is 51.5 Å². The molecule has 1 atom stereocenters. The molecule has 0 saturated heterocycles. The van der Waals surface area contributed by atoms with Crippen LogP contribution in [0.1, 0.15) is 45.6 Å². The second kappa shape index (κ2) is 7.24. The van der Waals surface area contributed by atoms with Crippen molar-refractivity contribution in [1.82, 2.24) is 5.32 Å². The van der Waals surface area contributed by atoms with Crippen molar-refractivity contribution in [3.63, 3.8) is 0 Å². The minimum Gasteiger partial charge on any atom is -0.313 e. The van der Waals surface area contributed by atoms with Gasteiger partial charge in [0, 0.05) is 17.9 Å². The topological polar surface area (TPSA) is 12.0 Å². The van der Waals surface area contributed by atoms with Gasteiger partial charge in [0.1, 0.15) is 0 Å². The Bertz CT molecular complexity index is 372. The van der Waals surface area contributed by atoms with Crippen molar-refractivity contribution in [3.8, 4) is 12.3 Å². The van der Waals surface area contributed by atoms with E-state index >= 15 is 0 Å². The molecule has 1 heteroatoms. The highest BCUT2D eigenvalue weighted by Gasteiger charge is 2.29. The first-order valence-electron chi connectivity index (χ1n) is 6.85. The van der Waals surface area contributed by atoms with Crippen molar-refractivity contribution in [2.24, 2.45) is 0 Å². The van der Waals surface area contributed by atoms with E-state index < -0.39 is 0 Å². The van der Waals surface area contributed by atoms with Gasteiger partial charge in [-0.05, 0) is 24.9 Å². The van der Waals surface area contributed by atoms with Crippen LogP contribution >= 0.6 is 0 Å². The predicted molar refractivity (Wildman–Crippen MR) is 79.6 cm³/mol. The number of unbranched alkanes of at least 4 members (excludes halogenated alkanes) is 1. The van der Waals surface area contributed by atoms with Crippen LogP contribution in [0.15, 0.2) is 30.3 Å². The zero-order chi connectivity index (χ0) is 13.4. The lowest BCUT2D eigenvalue weighted by atomic mass is 9.76. The van der Waals surface area contributed by atoms with Gasteiger partial charge in [0.05, 0.1) is 0 Å². The fraction of sp³-hybridized carbons (Fsp3) is 0.529. The minimum absolute atomic E-state index is 0.131. The normalized spacial score (nSPS) is 13.0. The van der Waals surface area contributed by atoms with Crippen molar-refractivity contribution in [3.05, 3.63) is 35.9 Å². The summed E-state index contributed by atoms with van der Waals surface area (Å²) in [5, 5.41) is 3.61. The summed E-state index contributed by atoms with van der Waals surface area (Å²) in [4.78, 5) is 0. The molecule has 0 radical (unpaired) electrons. The lowest BCUT2D eigenvalue weighted by molar-refractivity contribution is 0.322. The quantitative estimate of drug-likeness (QED) is 0.568. The molecule has 0 aliphatic heterocycles. The molecule has 98 valence electrons. The fourth-order valence-corrected chi connectivity index (χ4v) is 2.44. The van der Waals surface area contributed by atoms with Crippen LogP contribution in [0.4, 0.5) is 0 Å². The van der Waals surface area contributed by atoms with Gasteiger partial charge in [-0.1, -0.05) is 51.1 Å². The van der Waals surface area contributed by atoms with Gasteiger partial charge in [-0.2, -0.15) is 0 Å². The largest absolute Gasteiger partial charge is 0.313 e. The monoisotopic (exact) mass is 243 g/mol. The summed E-state index contributed by atoms with van der Waals surface area (Å²) in [7, 11) is 0. The van der Waals surface area contributed by atoms with Crippen molar-refractivity contribution in [1.29, 1.82) is 0 Å². The van der Waals surface area contributed by atoms with E-state index in [9.17, 15) is 0 Å². The van der Waals surface area contributed by atoms with Crippen LogP contribution in [0, 0.1) is 12.3 Å². The Labute approximate surface area is 112 Å². The van der Waals surface area contributed by atoms with Crippen molar-refractivity contribution >= 4 is 0 Å². The van der Waals surface area contributed by atoms with Gasteiger partial charge in [0.2, 0.25) is 0 Å². The number of nitrogens with one attached hydrogen (secondary N) is 1. The first-order chi connectivity index (χ1) is 8.62. The maximum atomic E-state index is 5.34. The molecular formula is C17H25N. The molecule has 0 bridgehead atoms. The van der Waals surface area contributed by atoms with Gasteiger partial charge < -0.3 is 5.32 Å². The van der Waals surface area contributed by atoms with Crippen LogP contribution in [0.5, 0.6) is 0 Å². The Morgan fingerprint density at radius 3 is 2.50 bits per heavy atom. The number of hydrogen-bond acceptors (Lipinski definition) is 1. The predicted octanol–water partition coefficient (Wildman–Crippen LogP) is 3.75. The number of hydrogen-bond donors (Lipinski definition) is 1. The zero-order valence-corrected chi connectivity index (χ0v) is 11.9. The summed E-state index contributed by atoms with van der Waals surface area (Å²) in [5.41, 5.74) is 1.52. The molecule has 1 aromatic carbocycles. The number of terminal acetylenes is 1. The van der Waals surface area contributed by atoms with Gasteiger partial charge in [0.25, 0.3) is 0 Å². The Morgan fingerprint density at radius 2 is 1.94 bits per heavy atom. The maximum Gasteiger partial charge on any atom is 0.0159 e. The number of likely N-dealkylation sites (N-methyl/N-ethyl adjacent to an activating group) is 1. The third kappa shape index (κ3) is 3.89. The zero-order valence-electron chi connectivity index (χ0n) is 11.9. The number of benzene rings is 1. The van der Waals surface area contributed by atoms with Crippen molar-refractivity contribution < 1.29 is 0 Å². The highest BCUT2D eigenvalue weighted by Crippen LogP contribution is 2.29. The standard InChI is InChI=1S/C17H25N/c1-5-7-9-14-16(18-6-2)17(3,4)15-12-10-8-11-13-15/h1,8,10-13,16,18H,6-7,9,14H2,2-4H3. The molecule has 0 aromatic heterocycles. The molecule has 1 N–H and O–H groups in total. The molecule has 0 heterocycles. The highest BCUT2D eigenvalue weighted by molar-refractivity contribution is 5.25. The molecule has 1 nitrogen and oxygen atoms in total. The smallest absolute Gasteiger partial charge is 0.0159 e. The molecule has 1 unspecified atom stereocenters. The lowest BCUT2D eigenvalue weighted by Crippen LogP contribution is -2.44. The van der Waals surface area contributed by atoms with Gasteiger partial charge in [-0.25, -0.2) is 0 Å². The molecule has 0 saturated carbocycles. The van der Waals surface area contributed by atoms with Crippen LogP contribution in [-0.2, 0) is 5.41 Å². The molecule has 0 spiro atoms. The molecule has 1 rings (SSSR count). The van der Waals surface area contributed by atoms with Gasteiger partial charge in [-0.3, -0.25) is 0 Å². The minimum atomic E-state index is 0.131. The molecule has 0 aliphatic carbocycles. The molecular weight excluding hydrogens is 218 g/mol.